The minimum atomic E-state index is -0.879. The van der Waals surface area contributed by atoms with Gasteiger partial charge in [-0.3, -0.25) is 14.7 Å². The summed E-state index contributed by atoms with van der Waals surface area (Å²) >= 11 is 0. The molecular weight excluding hydrogens is 301 g/mol. The van der Waals surface area contributed by atoms with Crippen LogP contribution in [-0.4, -0.2) is 27.0 Å². The van der Waals surface area contributed by atoms with Crippen molar-refractivity contribution in [2.24, 2.45) is 0 Å². The first-order valence-corrected chi connectivity index (χ1v) is 6.77. The molecule has 0 spiro atoms. The Bertz CT molecular complexity index is 877. The molecule has 3 rings (SSSR count). The normalized spacial score (nSPS) is 10.5. The number of hydrogen-bond acceptors (Lipinski definition) is 4. The zero-order valence-electron chi connectivity index (χ0n) is 11.8. The number of halogens is 1. The Morgan fingerprint density at radius 3 is 2.78 bits per heavy atom. The number of benzene rings is 1. The Morgan fingerprint density at radius 1 is 1.13 bits per heavy atom. The van der Waals surface area contributed by atoms with Gasteiger partial charge in [0.05, 0.1) is 5.39 Å². The molecular formula is C15H12FN5O2. The van der Waals surface area contributed by atoms with Gasteiger partial charge in [-0.15, -0.1) is 0 Å². The number of aromatic nitrogens is 3. The maximum atomic E-state index is 13.4. The van der Waals surface area contributed by atoms with Gasteiger partial charge in [-0.05, 0) is 18.2 Å². The lowest BCUT2D eigenvalue weighted by molar-refractivity contribution is -0.136. The van der Waals surface area contributed by atoms with Crippen LogP contribution in [0, 0.1) is 5.82 Å². The lowest BCUT2D eigenvalue weighted by atomic mass is 10.2. The van der Waals surface area contributed by atoms with Crippen molar-refractivity contribution in [2.75, 3.05) is 5.32 Å². The summed E-state index contributed by atoms with van der Waals surface area (Å²) in [4.78, 5) is 27.7. The third kappa shape index (κ3) is 3.15. The van der Waals surface area contributed by atoms with Crippen molar-refractivity contribution in [2.45, 2.75) is 6.54 Å². The lowest BCUT2D eigenvalue weighted by Gasteiger charge is -2.06. The fraction of sp³-hybridized carbons (Fsp3) is 0.0667. The van der Waals surface area contributed by atoms with Crippen molar-refractivity contribution in [3.8, 4) is 0 Å². The van der Waals surface area contributed by atoms with Crippen LogP contribution in [0.3, 0.4) is 0 Å². The summed E-state index contributed by atoms with van der Waals surface area (Å²) in [6, 6.07) is 9.40. The summed E-state index contributed by atoms with van der Waals surface area (Å²) in [5.74, 6) is -1.92. The van der Waals surface area contributed by atoms with Crippen LogP contribution in [0.2, 0.25) is 0 Å². The van der Waals surface area contributed by atoms with Crippen molar-refractivity contribution in [1.29, 1.82) is 0 Å². The second-order valence-electron chi connectivity index (χ2n) is 4.70. The maximum absolute atomic E-state index is 13.4. The minimum Gasteiger partial charge on any atom is -0.344 e. The van der Waals surface area contributed by atoms with Gasteiger partial charge in [-0.1, -0.05) is 18.2 Å². The molecule has 0 aliphatic carbocycles. The predicted octanol–water partition coefficient (Wildman–Crippen LogP) is 1.35. The van der Waals surface area contributed by atoms with E-state index in [1.165, 1.54) is 12.1 Å². The molecule has 1 aromatic carbocycles. The fourth-order valence-electron chi connectivity index (χ4n) is 2.01. The average molecular weight is 313 g/mol. The number of nitrogens with zero attached hydrogens (tertiary/aromatic N) is 2. The first-order valence-electron chi connectivity index (χ1n) is 6.77. The summed E-state index contributed by atoms with van der Waals surface area (Å²) in [5.41, 5.74) is 0.722. The van der Waals surface area contributed by atoms with Crippen molar-refractivity contribution in [3.63, 3.8) is 0 Å². The highest BCUT2D eigenvalue weighted by molar-refractivity contribution is 6.40. The number of rotatable bonds is 3. The molecule has 0 aliphatic heterocycles. The molecule has 0 radical (unpaired) electrons. The average Bonchev–Trinajstić information content (AvgIpc) is 2.97. The van der Waals surface area contributed by atoms with Gasteiger partial charge in [0, 0.05) is 18.3 Å². The van der Waals surface area contributed by atoms with Gasteiger partial charge >= 0.3 is 11.8 Å². The molecule has 0 bridgehead atoms. The first kappa shape index (κ1) is 14.6. The third-order valence-electron chi connectivity index (χ3n) is 3.17. The zero-order valence-corrected chi connectivity index (χ0v) is 11.8. The van der Waals surface area contributed by atoms with Gasteiger partial charge in [0.2, 0.25) is 0 Å². The van der Waals surface area contributed by atoms with Crippen LogP contribution in [0.15, 0.2) is 42.6 Å². The van der Waals surface area contributed by atoms with Crippen LogP contribution in [0.1, 0.15) is 5.56 Å². The number of anilines is 1. The van der Waals surface area contributed by atoms with E-state index in [0.717, 1.165) is 0 Å². The van der Waals surface area contributed by atoms with E-state index in [4.69, 9.17) is 0 Å². The molecule has 7 nitrogen and oxygen atoms in total. The minimum absolute atomic E-state index is 0.0792. The molecule has 0 atom stereocenters. The third-order valence-corrected chi connectivity index (χ3v) is 3.17. The summed E-state index contributed by atoms with van der Waals surface area (Å²) in [7, 11) is 0. The monoisotopic (exact) mass is 313 g/mol. The summed E-state index contributed by atoms with van der Waals surface area (Å²) in [6.07, 6.45) is 1.57. The largest absolute Gasteiger partial charge is 0.344 e. The highest BCUT2D eigenvalue weighted by Crippen LogP contribution is 2.17. The van der Waals surface area contributed by atoms with Crippen LogP contribution < -0.4 is 10.6 Å². The second kappa shape index (κ2) is 6.22. The standard InChI is InChI=1S/C15H12FN5O2/c16-11-6-2-1-4-9(11)8-18-14(22)15(23)19-13-10-5-3-7-17-12(10)20-21-13/h1-7H,8H2,(H,18,22)(H2,17,19,20,21,23). The highest BCUT2D eigenvalue weighted by atomic mass is 19.1. The van der Waals surface area contributed by atoms with Crippen LogP contribution in [0.25, 0.3) is 11.0 Å². The van der Waals surface area contributed by atoms with Crippen molar-refractivity contribution in [3.05, 3.63) is 54.0 Å². The number of fused-ring (bicyclic) bond motifs is 1. The number of hydrogen-bond donors (Lipinski definition) is 3. The molecule has 116 valence electrons. The highest BCUT2D eigenvalue weighted by Gasteiger charge is 2.16. The Morgan fingerprint density at radius 2 is 1.96 bits per heavy atom. The van der Waals surface area contributed by atoms with E-state index < -0.39 is 17.6 Å². The molecule has 0 unspecified atom stereocenters. The Hall–Kier alpha value is -3.29. The lowest BCUT2D eigenvalue weighted by Crippen LogP contribution is -2.35. The van der Waals surface area contributed by atoms with E-state index >= 15 is 0 Å². The number of carbonyl (C=O) groups is 2. The molecule has 2 amide bonds. The van der Waals surface area contributed by atoms with Crippen molar-refractivity contribution >= 4 is 28.7 Å². The molecule has 2 heterocycles. The molecule has 0 fully saturated rings. The number of H-pyrrole nitrogens is 1. The van der Waals surface area contributed by atoms with Gasteiger partial charge in [0.25, 0.3) is 0 Å². The number of nitrogens with one attached hydrogen (secondary N) is 3. The van der Waals surface area contributed by atoms with E-state index in [2.05, 4.69) is 25.8 Å². The topological polar surface area (TPSA) is 99.8 Å². The number of aromatic amines is 1. The molecule has 3 N–H and O–H groups in total. The molecule has 3 aromatic rings. The molecule has 0 saturated heterocycles. The zero-order chi connectivity index (χ0) is 16.2. The van der Waals surface area contributed by atoms with Gasteiger partial charge in [-0.25, -0.2) is 9.37 Å². The summed E-state index contributed by atoms with van der Waals surface area (Å²) < 4.78 is 13.4. The van der Waals surface area contributed by atoms with E-state index in [9.17, 15) is 14.0 Å². The van der Waals surface area contributed by atoms with E-state index in [-0.39, 0.29) is 12.4 Å². The molecule has 0 aliphatic rings. The first-order chi connectivity index (χ1) is 11.1. The van der Waals surface area contributed by atoms with Crippen LogP contribution in [0.5, 0.6) is 0 Å². The number of amides is 2. The molecule has 23 heavy (non-hydrogen) atoms. The second-order valence-corrected chi connectivity index (χ2v) is 4.70. The van der Waals surface area contributed by atoms with E-state index in [0.29, 0.717) is 16.6 Å². The smallest absolute Gasteiger partial charge is 0.314 e. The Kier molecular flexibility index (Phi) is 3.96. The van der Waals surface area contributed by atoms with E-state index in [1.54, 1.807) is 30.5 Å². The fourth-order valence-corrected chi connectivity index (χ4v) is 2.01. The van der Waals surface area contributed by atoms with E-state index in [1.807, 2.05) is 0 Å². The maximum Gasteiger partial charge on any atom is 0.314 e. The van der Waals surface area contributed by atoms with Crippen molar-refractivity contribution < 1.29 is 14.0 Å². The Balaban J connectivity index is 1.64. The number of carbonyl (C=O) groups excluding carboxylic acids is 2. The van der Waals surface area contributed by atoms with Crippen molar-refractivity contribution in [1.82, 2.24) is 20.5 Å². The van der Waals surface area contributed by atoms with Crippen LogP contribution >= 0.6 is 0 Å². The molecule has 8 heteroatoms. The summed E-state index contributed by atoms with van der Waals surface area (Å²) in [6.45, 7) is -0.0792. The van der Waals surface area contributed by atoms with Crippen LogP contribution in [0.4, 0.5) is 10.2 Å². The van der Waals surface area contributed by atoms with Gasteiger partial charge in [0.15, 0.2) is 5.65 Å². The molecule has 0 saturated carbocycles. The Labute approximate surface area is 129 Å². The van der Waals surface area contributed by atoms with Gasteiger partial charge < -0.3 is 10.6 Å². The predicted molar refractivity (Wildman–Crippen MR) is 80.8 cm³/mol. The SMILES string of the molecule is O=C(NCc1ccccc1F)C(=O)Nc1[nH]nc2ncccc12. The quantitative estimate of drug-likeness (QED) is 0.636. The van der Waals surface area contributed by atoms with Crippen LogP contribution in [-0.2, 0) is 16.1 Å². The summed E-state index contributed by atoms with van der Waals surface area (Å²) in [5, 5.41) is 11.9. The molecule has 2 aromatic heterocycles. The van der Waals surface area contributed by atoms with Gasteiger partial charge in [0.1, 0.15) is 11.6 Å². The van der Waals surface area contributed by atoms with Gasteiger partial charge in [-0.2, -0.15) is 5.10 Å². The number of pyridine rings is 1.